The molecule has 0 fully saturated rings. The summed E-state index contributed by atoms with van der Waals surface area (Å²) in [6, 6.07) is 10.0. The Bertz CT molecular complexity index is 1020. The van der Waals surface area contributed by atoms with E-state index in [9.17, 15) is 9.59 Å². The number of ether oxygens (including phenoxy) is 2. The van der Waals surface area contributed by atoms with Gasteiger partial charge in [-0.25, -0.2) is 9.59 Å². The first-order chi connectivity index (χ1) is 12.5. The van der Waals surface area contributed by atoms with Crippen LogP contribution < -0.4 is 10.4 Å². The van der Waals surface area contributed by atoms with Crippen molar-refractivity contribution >= 4 is 40.2 Å². The number of H-pyrrole nitrogens is 1. The molecule has 134 valence electrons. The van der Waals surface area contributed by atoms with Crippen LogP contribution in [0.3, 0.4) is 0 Å². The van der Waals surface area contributed by atoms with Crippen molar-refractivity contribution in [2.24, 2.45) is 0 Å². The van der Waals surface area contributed by atoms with Gasteiger partial charge in [0.25, 0.3) is 0 Å². The molecule has 9 heteroatoms. The van der Waals surface area contributed by atoms with Crippen molar-refractivity contribution in [3.8, 4) is 22.8 Å². The van der Waals surface area contributed by atoms with Crippen molar-refractivity contribution in [1.29, 1.82) is 0 Å². The fourth-order valence-corrected chi connectivity index (χ4v) is 3.60. The van der Waals surface area contributed by atoms with Crippen LogP contribution >= 0.6 is 34.2 Å². The van der Waals surface area contributed by atoms with Crippen LogP contribution in [0.5, 0.6) is 5.75 Å². The molecule has 1 N–H and O–H groups in total. The van der Waals surface area contributed by atoms with Gasteiger partial charge in [-0.1, -0.05) is 17.7 Å². The lowest BCUT2D eigenvalue weighted by molar-refractivity contribution is 0.0597. The van der Waals surface area contributed by atoms with E-state index in [0.29, 0.717) is 22.1 Å². The lowest BCUT2D eigenvalue weighted by Gasteiger charge is -2.08. The number of halogens is 2. The first-order valence-electron chi connectivity index (χ1n) is 7.36. The number of carbonyl (C=O) groups is 1. The summed E-state index contributed by atoms with van der Waals surface area (Å²) in [5.74, 6) is 0.0909. The zero-order valence-electron chi connectivity index (χ0n) is 13.7. The number of rotatable bonds is 4. The molecule has 0 aliphatic heterocycles. The van der Waals surface area contributed by atoms with E-state index in [1.807, 2.05) is 12.1 Å². The molecule has 0 saturated heterocycles. The van der Waals surface area contributed by atoms with Gasteiger partial charge >= 0.3 is 11.7 Å². The van der Waals surface area contributed by atoms with E-state index in [1.165, 1.54) is 31.0 Å². The van der Waals surface area contributed by atoms with Crippen LogP contribution in [-0.4, -0.2) is 35.0 Å². The molecule has 26 heavy (non-hydrogen) atoms. The minimum atomic E-state index is -0.533. The summed E-state index contributed by atoms with van der Waals surface area (Å²) in [4.78, 5) is 26.8. The van der Waals surface area contributed by atoms with Gasteiger partial charge in [-0.3, -0.25) is 4.98 Å². The molecule has 1 aromatic heterocycles. The SMILES string of the molecule is COC(=O)c1ccc(-n2nc(-c3c(Cl)cccc3I)[nH]c2=O)cc1OC. The lowest BCUT2D eigenvalue weighted by atomic mass is 10.2. The second-order valence-electron chi connectivity index (χ2n) is 5.16. The summed E-state index contributed by atoms with van der Waals surface area (Å²) < 4.78 is 12.0. The first-order valence-corrected chi connectivity index (χ1v) is 8.82. The molecule has 0 amide bonds. The highest BCUT2D eigenvalue weighted by Crippen LogP contribution is 2.30. The summed E-state index contributed by atoms with van der Waals surface area (Å²) in [7, 11) is 2.71. The van der Waals surface area contributed by atoms with E-state index >= 15 is 0 Å². The van der Waals surface area contributed by atoms with Gasteiger partial charge in [0.2, 0.25) is 0 Å². The number of methoxy groups -OCH3 is 2. The third kappa shape index (κ3) is 3.34. The maximum atomic E-state index is 12.4. The summed E-state index contributed by atoms with van der Waals surface area (Å²) >= 11 is 8.37. The third-order valence-corrected chi connectivity index (χ3v) is 4.87. The molecular weight excluding hydrogens is 473 g/mol. The van der Waals surface area contributed by atoms with E-state index in [1.54, 1.807) is 12.1 Å². The molecule has 0 saturated carbocycles. The van der Waals surface area contributed by atoms with Gasteiger partial charge in [0.15, 0.2) is 5.82 Å². The van der Waals surface area contributed by atoms with Crippen LogP contribution in [0.25, 0.3) is 17.1 Å². The molecule has 2 aromatic carbocycles. The number of aromatic amines is 1. The van der Waals surface area contributed by atoms with Crippen molar-refractivity contribution in [2.75, 3.05) is 14.2 Å². The summed E-state index contributed by atoms with van der Waals surface area (Å²) in [6.07, 6.45) is 0. The van der Waals surface area contributed by atoms with Gasteiger partial charge < -0.3 is 9.47 Å². The van der Waals surface area contributed by atoms with Crippen LogP contribution in [0.2, 0.25) is 5.02 Å². The van der Waals surface area contributed by atoms with Crippen LogP contribution in [0, 0.1) is 3.57 Å². The van der Waals surface area contributed by atoms with Gasteiger partial charge in [0.05, 0.1) is 30.5 Å². The molecule has 0 unspecified atom stereocenters. The average molecular weight is 486 g/mol. The van der Waals surface area contributed by atoms with Crippen molar-refractivity contribution in [2.45, 2.75) is 0 Å². The Morgan fingerprint density at radius 1 is 1.27 bits per heavy atom. The predicted octanol–water partition coefficient (Wildman–Crippen LogP) is 3.28. The molecule has 1 heterocycles. The highest BCUT2D eigenvalue weighted by Gasteiger charge is 2.17. The van der Waals surface area contributed by atoms with Gasteiger partial charge in [0.1, 0.15) is 11.3 Å². The largest absolute Gasteiger partial charge is 0.496 e. The number of hydrogen-bond acceptors (Lipinski definition) is 5. The Kier molecular flexibility index (Phi) is 5.33. The van der Waals surface area contributed by atoms with Crippen molar-refractivity contribution in [3.05, 3.63) is 61.0 Å². The smallest absolute Gasteiger partial charge is 0.348 e. The van der Waals surface area contributed by atoms with E-state index in [0.717, 1.165) is 3.57 Å². The van der Waals surface area contributed by atoms with Gasteiger partial charge in [-0.05, 0) is 46.9 Å². The molecule has 0 atom stereocenters. The zero-order chi connectivity index (χ0) is 18.8. The first kappa shape index (κ1) is 18.5. The Hall–Kier alpha value is -2.33. The Morgan fingerprint density at radius 2 is 2.04 bits per heavy atom. The van der Waals surface area contributed by atoms with Crippen LogP contribution in [0.4, 0.5) is 0 Å². The standard InChI is InChI=1S/C17H13ClIN3O4/c1-25-13-8-9(6-7-10(13)16(23)26-2)22-17(24)20-15(21-22)14-11(18)4-3-5-12(14)19/h3-8H,1-2H3,(H,20,21,24). The molecule has 0 bridgehead atoms. The Morgan fingerprint density at radius 3 is 2.69 bits per heavy atom. The summed E-state index contributed by atoms with van der Waals surface area (Å²) in [6.45, 7) is 0. The maximum absolute atomic E-state index is 12.4. The van der Waals surface area contributed by atoms with E-state index in [4.69, 9.17) is 21.1 Å². The average Bonchev–Trinajstić information content (AvgIpc) is 3.01. The van der Waals surface area contributed by atoms with E-state index < -0.39 is 11.7 Å². The quantitative estimate of drug-likeness (QED) is 0.453. The fourth-order valence-electron chi connectivity index (χ4n) is 2.43. The second kappa shape index (κ2) is 7.50. The molecule has 3 aromatic rings. The lowest BCUT2D eigenvalue weighted by Crippen LogP contribution is -2.16. The zero-order valence-corrected chi connectivity index (χ0v) is 16.7. The van der Waals surface area contributed by atoms with Gasteiger partial charge in [-0.2, -0.15) is 4.68 Å². The highest BCUT2D eigenvalue weighted by atomic mass is 127. The third-order valence-electron chi connectivity index (χ3n) is 3.65. The molecule has 3 rings (SSSR count). The molecule has 7 nitrogen and oxygen atoms in total. The number of carbonyl (C=O) groups excluding carboxylic acids is 1. The Labute approximate surface area is 167 Å². The summed E-state index contributed by atoms with van der Waals surface area (Å²) in [5, 5.41) is 4.81. The van der Waals surface area contributed by atoms with Crippen LogP contribution in [-0.2, 0) is 4.74 Å². The monoisotopic (exact) mass is 485 g/mol. The molecule has 0 aliphatic carbocycles. The fraction of sp³-hybridized carbons (Fsp3) is 0.118. The highest BCUT2D eigenvalue weighted by molar-refractivity contribution is 14.1. The van der Waals surface area contributed by atoms with Gasteiger partial charge in [-0.15, -0.1) is 5.10 Å². The number of esters is 1. The van der Waals surface area contributed by atoms with Crippen molar-refractivity contribution < 1.29 is 14.3 Å². The topological polar surface area (TPSA) is 86.2 Å². The van der Waals surface area contributed by atoms with Crippen molar-refractivity contribution in [1.82, 2.24) is 14.8 Å². The maximum Gasteiger partial charge on any atom is 0.348 e. The minimum Gasteiger partial charge on any atom is -0.496 e. The number of hydrogen-bond donors (Lipinski definition) is 1. The van der Waals surface area contributed by atoms with Crippen LogP contribution in [0.15, 0.2) is 41.2 Å². The second-order valence-corrected chi connectivity index (χ2v) is 6.73. The van der Waals surface area contributed by atoms with Gasteiger partial charge in [0, 0.05) is 9.64 Å². The number of nitrogens with zero attached hydrogens (tertiary/aromatic N) is 2. The minimum absolute atomic E-state index is 0.253. The molecule has 0 radical (unpaired) electrons. The molecule has 0 spiro atoms. The van der Waals surface area contributed by atoms with Crippen molar-refractivity contribution in [3.63, 3.8) is 0 Å². The van der Waals surface area contributed by atoms with E-state index in [-0.39, 0.29) is 11.3 Å². The van der Waals surface area contributed by atoms with Crippen LogP contribution in [0.1, 0.15) is 10.4 Å². The molecular formula is C17H13ClIN3O4. The molecule has 0 aliphatic rings. The normalized spacial score (nSPS) is 10.6. The predicted molar refractivity (Wildman–Crippen MR) is 105 cm³/mol. The van der Waals surface area contributed by atoms with E-state index in [2.05, 4.69) is 32.7 Å². The number of benzene rings is 2. The Balaban J connectivity index is 2.11. The number of nitrogens with one attached hydrogen (secondary N) is 1. The summed E-state index contributed by atoms with van der Waals surface area (Å²) in [5.41, 5.74) is 0.889. The number of aromatic nitrogens is 3.